The van der Waals surface area contributed by atoms with Gasteiger partial charge in [0.1, 0.15) is 5.75 Å². The largest absolute Gasteiger partial charge is 0.495 e. The highest BCUT2D eigenvalue weighted by Crippen LogP contribution is 2.63. The predicted octanol–water partition coefficient (Wildman–Crippen LogP) is 5.09. The van der Waals surface area contributed by atoms with Crippen molar-refractivity contribution >= 4 is 23.5 Å². The van der Waals surface area contributed by atoms with Crippen molar-refractivity contribution in [2.75, 3.05) is 32.6 Å². The van der Waals surface area contributed by atoms with Crippen molar-refractivity contribution in [1.29, 1.82) is 0 Å². The standard InChI is InChI=1S/C31H41F3N6O3/c1-19(41)36-27-8-4-5-13-30(27)16-21(30)10-12-24-23(31(32,33)34)17-35-29(38-24)39-25-11-9-20(15-26(25)43-3)28(42)37-22-7-6-14-40(2)18-22/h9,11,15,17,21-22,27H,4-8,10,12-14,16,18H2,1-3H3,(H,36,41)(H,37,42)(H,35,38,39)/t21-,22?,27+,30-/m0/s1. The van der Waals surface area contributed by atoms with Gasteiger partial charge in [0.25, 0.3) is 5.91 Å². The molecule has 43 heavy (non-hydrogen) atoms. The molecule has 1 saturated heterocycles. The summed E-state index contributed by atoms with van der Waals surface area (Å²) in [4.78, 5) is 35.1. The van der Waals surface area contributed by atoms with Crippen molar-refractivity contribution in [1.82, 2.24) is 25.5 Å². The van der Waals surface area contributed by atoms with Crippen LogP contribution in [0.4, 0.5) is 24.8 Å². The van der Waals surface area contributed by atoms with Gasteiger partial charge in [-0.05, 0) is 88.1 Å². The number of nitrogens with zero attached hydrogens (tertiary/aromatic N) is 3. The number of methoxy groups -OCH3 is 1. The van der Waals surface area contributed by atoms with Gasteiger partial charge >= 0.3 is 6.18 Å². The maximum atomic E-state index is 13.9. The lowest BCUT2D eigenvalue weighted by atomic mass is 9.79. The molecule has 5 rings (SSSR count). The summed E-state index contributed by atoms with van der Waals surface area (Å²) in [6.07, 6.45) is 3.79. The monoisotopic (exact) mass is 602 g/mol. The number of carbonyl (C=O) groups is 2. The smallest absolute Gasteiger partial charge is 0.419 e. The van der Waals surface area contributed by atoms with Crippen molar-refractivity contribution in [2.45, 2.75) is 83.0 Å². The Bertz CT molecular complexity index is 1340. The van der Waals surface area contributed by atoms with Crippen LogP contribution in [0.5, 0.6) is 5.75 Å². The Hall–Kier alpha value is -3.41. The highest BCUT2D eigenvalue weighted by molar-refractivity contribution is 5.95. The van der Waals surface area contributed by atoms with Crippen LogP contribution in [0.15, 0.2) is 24.4 Å². The summed E-state index contributed by atoms with van der Waals surface area (Å²) in [7, 11) is 3.49. The molecule has 4 atom stereocenters. The molecular weight excluding hydrogens is 561 g/mol. The number of halogens is 3. The molecule has 1 aliphatic heterocycles. The van der Waals surface area contributed by atoms with Crippen molar-refractivity contribution < 1.29 is 27.5 Å². The zero-order valence-electron chi connectivity index (χ0n) is 25.0. The van der Waals surface area contributed by atoms with Crippen LogP contribution in [0.1, 0.15) is 79.9 Å². The van der Waals surface area contributed by atoms with Crippen molar-refractivity contribution in [3.8, 4) is 5.75 Å². The molecule has 1 unspecified atom stereocenters. The molecule has 0 radical (unpaired) electrons. The maximum Gasteiger partial charge on any atom is 0.419 e. The summed E-state index contributed by atoms with van der Waals surface area (Å²) in [5, 5.41) is 9.14. The molecule has 2 aliphatic carbocycles. The van der Waals surface area contributed by atoms with Crippen LogP contribution in [0.25, 0.3) is 0 Å². The number of amides is 2. The lowest BCUT2D eigenvalue weighted by Gasteiger charge is -2.33. The number of aryl methyl sites for hydroxylation is 1. The van der Waals surface area contributed by atoms with E-state index in [1.54, 1.807) is 18.2 Å². The third kappa shape index (κ3) is 7.22. The number of aromatic nitrogens is 2. The number of hydrogen-bond donors (Lipinski definition) is 3. The zero-order valence-corrected chi connectivity index (χ0v) is 25.0. The Morgan fingerprint density at radius 1 is 1.16 bits per heavy atom. The van der Waals surface area contributed by atoms with Gasteiger partial charge in [-0.25, -0.2) is 9.97 Å². The molecule has 3 fully saturated rings. The Balaban J connectivity index is 1.29. The van der Waals surface area contributed by atoms with Crippen LogP contribution >= 0.6 is 0 Å². The van der Waals surface area contributed by atoms with Gasteiger partial charge in [0.15, 0.2) is 0 Å². The summed E-state index contributed by atoms with van der Waals surface area (Å²) < 4.78 is 47.3. The summed E-state index contributed by atoms with van der Waals surface area (Å²) in [5.74, 6) is 0.325. The van der Waals surface area contributed by atoms with Crippen LogP contribution in [0, 0.1) is 11.3 Å². The van der Waals surface area contributed by atoms with E-state index in [0.29, 0.717) is 23.4 Å². The van der Waals surface area contributed by atoms with E-state index < -0.39 is 11.7 Å². The Labute approximate surface area is 250 Å². The first-order valence-electron chi connectivity index (χ1n) is 15.1. The second-order valence-corrected chi connectivity index (χ2v) is 12.3. The van der Waals surface area contributed by atoms with E-state index in [1.807, 2.05) is 7.05 Å². The first kappa shape index (κ1) is 31.0. The summed E-state index contributed by atoms with van der Waals surface area (Å²) in [6.45, 7) is 3.31. The lowest BCUT2D eigenvalue weighted by molar-refractivity contribution is -0.138. The molecule has 2 aromatic rings. The van der Waals surface area contributed by atoms with Gasteiger partial charge in [-0.1, -0.05) is 12.8 Å². The molecular formula is C31H41F3N6O3. The highest BCUT2D eigenvalue weighted by atomic mass is 19.4. The number of ether oxygens (including phenoxy) is 1. The third-order valence-electron chi connectivity index (χ3n) is 9.31. The van der Waals surface area contributed by atoms with E-state index in [1.165, 1.54) is 14.0 Å². The van der Waals surface area contributed by atoms with Crippen LogP contribution in [-0.4, -0.2) is 66.0 Å². The number of nitrogens with one attached hydrogen (secondary N) is 3. The molecule has 1 aromatic carbocycles. The molecule has 2 saturated carbocycles. The minimum atomic E-state index is -4.58. The Morgan fingerprint density at radius 2 is 1.98 bits per heavy atom. The average Bonchev–Trinajstić information content (AvgIpc) is 3.65. The normalized spacial score (nSPS) is 25.7. The molecule has 234 valence electrons. The SMILES string of the molecule is COc1cc(C(=O)NC2CCCN(C)C2)ccc1Nc1ncc(C(F)(F)F)c(CC[C@H]2C[C@@]23CCCC[C@H]3NC(C)=O)n1. The summed E-state index contributed by atoms with van der Waals surface area (Å²) >= 11 is 0. The number of rotatable bonds is 9. The molecule has 2 amide bonds. The van der Waals surface area contributed by atoms with Gasteiger partial charge in [-0.15, -0.1) is 0 Å². The predicted molar refractivity (Wildman–Crippen MR) is 156 cm³/mol. The van der Waals surface area contributed by atoms with Crippen LogP contribution < -0.4 is 20.7 Å². The summed E-state index contributed by atoms with van der Waals surface area (Å²) in [6, 6.07) is 5.02. The number of alkyl halides is 3. The van der Waals surface area contributed by atoms with Gasteiger partial charge in [0, 0.05) is 37.3 Å². The summed E-state index contributed by atoms with van der Waals surface area (Å²) in [5.41, 5.74) is -0.0782. The van der Waals surface area contributed by atoms with E-state index in [4.69, 9.17) is 4.74 Å². The molecule has 1 spiro atoms. The van der Waals surface area contributed by atoms with Gasteiger partial charge in [0.2, 0.25) is 11.9 Å². The molecule has 12 heteroatoms. The minimum absolute atomic E-state index is 0.0167. The van der Waals surface area contributed by atoms with Crippen LogP contribution in [-0.2, 0) is 17.4 Å². The molecule has 1 aromatic heterocycles. The third-order valence-corrected chi connectivity index (χ3v) is 9.31. The fourth-order valence-electron chi connectivity index (χ4n) is 7.07. The van der Waals surface area contributed by atoms with Crippen LogP contribution in [0.3, 0.4) is 0 Å². The fourth-order valence-corrected chi connectivity index (χ4v) is 7.07. The second-order valence-electron chi connectivity index (χ2n) is 12.3. The van der Waals surface area contributed by atoms with E-state index in [0.717, 1.165) is 64.2 Å². The highest BCUT2D eigenvalue weighted by Gasteiger charge is 2.58. The number of piperidine rings is 1. The molecule has 3 N–H and O–H groups in total. The second kappa shape index (κ2) is 12.7. The first-order chi connectivity index (χ1) is 20.5. The van der Waals surface area contributed by atoms with E-state index >= 15 is 0 Å². The van der Waals surface area contributed by atoms with Crippen molar-refractivity contribution in [2.24, 2.45) is 11.3 Å². The van der Waals surface area contributed by atoms with Crippen molar-refractivity contribution in [3.63, 3.8) is 0 Å². The Kier molecular flexibility index (Phi) is 9.15. The minimum Gasteiger partial charge on any atom is -0.495 e. The number of likely N-dealkylation sites (N-methyl/N-ethyl adjacent to an activating group) is 1. The number of benzene rings is 1. The maximum absolute atomic E-state index is 13.9. The number of carbonyl (C=O) groups excluding carboxylic acids is 2. The van der Waals surface area contributed by atoms with Gasteiger partial charge in [-0.2, -0.15) is 13.2 Å². The average molecular weight is 603 g/mol. The van der Waals surface area contributed by atoms with E-state index in [9.17, 15) is 22.8 Å². The number of anilines is 2. The number of likely N-dealkylation sites (tertiary alicyclic amines) is 1. The van der Waals surface area contributed by atoms with Gasteiger partial charge in [-0.3, -0.25) is 9.59 Å². The van der Waals surface area contributed by atoms with Gasteiger partial charge < -0.3 is 25.6 Å². The molecule has 0 bridgehead atoms. The lowest BCUT2D eigenvalue weighted by Crippen LogP contribution is -2.46. The van der Waals surface area contributed by atoms with Crippen molar-refractivity contribution in [3.05, 3.63) is 41.2 Å². The Morgan fingerprint density at radius 3 is 2.70 bits per heavy atom. The molecule has 9 nitrogen and oxygen atoms in total. The van der Waals surface area contributed by atoms with Gasteiger partial charge in [0.05, 0.1) is 24.1 Å². The van der Waals surface area contributed by atoms with E-state index in [2.05, 4.69) is 30.8 Å². The fraction of sp³-hybridized carbons (Fsp3) is 0.613. The van der Waals surface area contributed by atoms with Crippen LogP contribution in [0.2, 0.25) is 0 Å². The first-order valence-corrected chi connectivity index (χ1v) is 15.1. The molecule has 2 heterocycles. The zero-order chi connectivity index (χ0) is 30.8. The van der Waals surface area contributed by atoms with E-state index in [-0.39, 0.29) is 53.3 Å². The number of hydrogen-bond acceptors (Lipinski definition) is 7. The quantitative estimate of drug-likeness (QED) is 0.367. The molecule has 3 aliphatic rings. The topological polar surface area (TPSA) is 108 Å².